The van der Waals surface area contributed by atoms with E-state index in [1.165, 1.54) is 0 Å². The Bertz CT molecular complexity index is 1000. The van der Waals surface area contributed by atoms with Gasteiger partial charge in [0.2, 0.25) is 0 Å². The smallest absolute Gasteiger partial charge is 0.309 e. The van der Waals surface area contributed by atoms with Gasteiger partial charge in [0.15, 0.2) is 0 Å². The lowest BCUT2D eigenvalue weighted by molar-refractivity contribution is -0.154. The third kappa shape index (κ3) is 7.06. The van der Waals surface area contributed by atoms with Gasteiger partial charge in [-0.05, 0) is 51.2 Å². The van der Waals surface area contributed by atoms with Crippen molar-refractivity contribution in [2.45, 2.75) is 109 Å². The van der Waals surface area contributed by atoms with E-state index in [4.69, 9.17) is 14.2 Å². The zero-order chi connectivity index (χ0) is 27.0. The Balaban J connectivity index is 1.55. The van der Waals surface area contributed by atoms with Crippen molar-refractivity contribution in [1.82, 2.24) is 4.98 Å². The Labute approximate surface area is 223 Å². The molecule has 0 spiro atoms. The summed E-state index contributed by atoms with van der Waals surface area (Å²) in [5, 5.41) is 25.1. The number of esters is 1. The number of rotatable bonds is 4. The lowest BCUT2D eigenvalue weighted by Gasteiger charge is -2.36. The highest BCUT2D eigenvalue weighted by Crippen LogP contribution is 2.44. The Morgan fingerprint density at radius 1 is 1.24 bits per heavy atom. The summed E-state index contributed by atoms with van der Waals surface area (Å²) in [6.07, 6.45) is 3.94. The van der Waals surface area contributed by atoms with Crippen LogP contribution in [0.1, 0.15) is 76.9 Å². The highest BCUT2D eigenvalue weighted by Gasteiger charge is 2.53. The predicted octanol–water partition coefficient (Wildman–Crippen LogP) is 3.86. The summed E-state index contributed by atoms with van der Waals surface area (Å²) in [4.78, 5) is 31.0. The maximum absolute atomic E-state index is 13.7. The van der Waals surface area contributed by atoms with Crippen molar-refractivity contribution in [1.29, 1.82) is 0 Å². The fourth-order valence-electron chi connectivity index (χ4n) is 5.35. The van der Waals surface area contributed by atoms with E-state index in [1.54, 1.807) is 25.2 Å². The van der Waals surface area contributed by atoms with Crippen molar-refractivity contribution in [2.75, 3.05) is 6.61 Å². The topological polar surface area (TPSA) is 122 Å². The van der Waals surface area contributed by atoms with Crippen LogP contribution in [0.4, 0.5) is 0 Å². The van der Waals surface area contributed by atoms with Crippen molar-refractivity contribution >= 4 is 29.2 Å². The number of hydrogen-bond acceptors (Lipinski definition) is 9. The van der Waals surface area contributed by atoms with Gasteiger partial charge in [0.25, 0.3) is 0 Å². The van der Waals surface area contributed by atoms with E-state index in [2.05, 4.69) is 11.9 Å². The van der Waals surface area contributed by atoms with Crippen molar-refractivity contribution in [2.24, 2.45) is 17.3 Å². The molecule has 4 rings (SSSR count). The van der Waals surface area contributed by atoms with Crippen LogP contribution in [0.2, 0.25) is 0 Å². The molecule has 206 valence electrons. The number of Topliss-reactive ketones (excluding diaryl/α,β-unsaturated/α-hetero) is 1. The second-order valence-electron chi connectivity index (χ2n) is 11.8. The average Bonchev–Trinajstić information content (AvgIpc) is 3.72. The molecular weight excluding hydrogens is 494 g/mol. The fraction of sp³-hybridized carbons (Fsp3) is 0.750. The van der Waals surface area contributed by atoms with Gasteiger partial charge in [-0.15, -0.1) is 11.3 Å². The monoisotopic (exact) mass is 535 g/mol. The lowest BCUT2D eigenvalue weighted by atomic mass is 9.71. The molecule has 37 heavy (non-hydrogen) atoms. The zero-order valence-corrected chi connectivity index (χ0v) is 23.3. The third-order valence-corrected chi connectivity index (χ3v) is 9.09. The maximum atomic E-state index is 13.7. The molecule has 8 atom stereocenters. The largest absolute Gasteiger partial charge is 0.458 e. The summed E-state index contributed by atoms with van der Waals surface area (Å²) in [5.74, 6) is -1.60. The molecule has 3 saturated heterocycles. The molecular formula is C28H41NO7S. The molecule has 3 fully saturated rings. The number of fused-ring (bicyclic) bond motifs is 1. The number of aliphatic hydroxyl groups excluding tert-OH is 2. The highest BCUT2D eigenvalue weighted by molar-refractivity contribution is 7.09. The number of nitrogens with zero attached hydrogens (tertiary/aromatic N) is 1. The van der Waals surface area contributed by atoms with Gasteiger partial charge >= 0.3 is 5.97 Å². The molecule has 1 aromatic heterocycles. The van der Waals surface area contributed by atoms with Crippen LogP contribution in [0.3, 0.4) is 0 Å². The first-order chi connectivity index (χ1) is 17.4. The minimum Gasteiger partial charge on any atom is -0.458 e. The Morgan fingerprint density at radius 2 is 1.97 bits per heavy atom. The van der Waals surface area contributed by atoms with Crippen LogP contribution in [0.25, 0.3) is 6.08 Å². The summed E-state index contributed by atoms with van der Waals surface area (Å²) < 4.78 is 17.2. The summed E-state index contributed by atoms with van der Waals surface area (Å²) in [6.45, 7) is 9.82. The maximum Gasteiger partial charge on any atom is 0.309 e. The number of ether oxygens (including phenoxy) is 3. The number of aryl methyl sites for hydroxylation is 1. The van der Waals surface area contributed by atoms with E-state index in [0.717, 1.165) is 30.0 Å². The van der Waals surface area contributed by atoms with Crippen LogP contribution in [-0.2, 0) is 23.8 Å². The Hall–Kier alpha value is -1.65. The fourth-order valence-corrected chi connectivity index (χ4v) is 5.93. The standard InChI is InChI=1S/C28H41NO7S/c1-16-7-6-10-28(5)23(36-28)12-19(9-8-18-15-37-17(2)29-18)35-24(31)13-22(30)27(3,4)26(33)21(25(16)32)11-20-14-34-20/h8-9,15-16,19-23,25,30,32H,6-7,10-14H2,1-5H3/t16-,19+,20?,21+,22-,23?,25+,28?/m0/s1. The van der Waals surface area contributed by atoms with Crippen LogP contribution < -0.4 is 0 Å². The summed E-state index contributed by atoms with van der Waals surface area (Å²) in [7, 11) is 0. The van der Waals surface area contributed by atoms with Crippen molar-refractivity contribution < 1.29 is 34.0 Å². The minimum absolute atomic E-state index is 0.0483. The molecule has 8 nitrogen and oxygen atoms in total. The molecule has 3 unspecified atom stereocenters. The molecule has 2 N–H and O–H groups in total. The third-order valence-electron chi connectivity index (χ3n) is 8.29. The number of carbonyl (C=O) groups is 2. The molecule has 0 amide bonds. The molecule has 3 aliphatic heterocycles. The number of ketones is 1. The van der Waals surface area contributed by atoms with Crippen molar-refractivity contribution in [3.8, 4) is 0 Å². The number of aromatic nitrogens is 1. The zero-order valence-electron chi connectivity index (χ0n) is 22.5. The highest BCUT2D eigenvalue weighted by atomic mass is 32.1. The number of cyclic esters (lactones) is 1. The van der Waals surface area contributed by atoms with Crippen LogP contribution in [0.15, 0.2) is 11.5 Å². The molecule has 0 saturated carbocycles. The summed E-state index contributed by atoms with van der Waals surface area (Å²) in [6, 6.07) is 0. The SMILES string of the molecule is Cc1nc(C=C[C@@H]2CC3OC3(C)CCC[C@H](C)[C@@H](O)[C@@H](CC3CO3)C(=O)C(C)(C)[C@@H](O)CC(=O)O2)cs1. The first-order valence-electron chi connectivity index (χ1n) is 13.4. The lowest BCUT2D eigenvalue weighted by Crippen LogP contribution is -2.47. The van der Waals surface area contributed by atoms with Crippen LogP contribution in [0, 0.1) is 24.2 Å². The summed E-state index contributed by atoms with van der Waals surface area (Å²) >= 11 is 1.55. The molecule has 0 aliphatic carbocycles. The Kier molecular flexibility index (Phi) is 8.60. The first kappa shape index (κ1) is 28.4. The van der Waals surface area contributed by atoms with E-state index < -0.39 is 35.6 Å². The predicted molar refractivity (Wildman–Crippen MR) is 140 cm³/mol. The molecule has 9 heteroatoms. The van der Waals surface area contributed by atoms with E-state index in [0.29, 0.717) is 19.4 Å². The van der Waals surface area contributed by atoms with Gasteiger partial charge in [0.05, 0.1) is 59.2 Å². The average molecular weight is 536 g/mol. The molecule has 3 aliphatic rings. The minimum atomic E-state index is -1.25. The second kappa shape index (κ2) is 11.2. The van der Waals surface area contributed by atoms with E-state index >= 15 is 0 Å². The van der Waals surface area contributed by atoms with Gasteiger partial charge < -0.3 is 24.4 Å². The van der Waals surface area contributed by atoms with E-state index in [9.17, 15) is 19.8 Å². The van der Waals surface area contributed by atoms with Gasteiger partial charge in [-0.1, -0.05) is 27.2 Å². The molecule has 0 aromatic carbocycles. The van der Waals surface area contributed by atoms with Gasteiger partial charge in [0.1, 0.15) is 11.9 Å². The second-order valence-corrected chi connectivity index (χ2v) is 12.9. The number of epoxide rings is 2. The van der Waals surface area contributed by atoms with E-state index in [-0.39, 0.29) is 35.9 Å². The van der Waals surface area contributed by atoms with Crippen LogP contribution in [0.5, 0.6) is 0 Å². The van der Waals surface area contributed by atoms with Crippen molar-refractivity contribution in [3.63, 3.8) is 0 Å². The normalized spacial score (nSPS) is 39.3. The number of thiazole rings is 1. The van der Waals surface area contributed by atoms with Crippen LogP contribution in [-0.4, -0.2) is 69.7 Å². The summed E-state index contributed by atoms with van der Waals surface area (Å²) in [5.41, 5.74) is -0.747. The number of hydrogen-bond donors (Lipinski definition) is 2. The van der Waals surface area contributed by atoms with Crippen molar-refractivity contribution in [3.05, 3.63) is 22.2 Å². The molecule has 0 radical (unpaired) electrons. The van der Waals surface area contributed by atoms with E-state index in [1.807, 2.05) is 31.4 Å². The molecule has 0 bridgehead atoms. The van der Waals surface area contributed by atoms with Crippen LogP contribution >= 0.6 is 11.3 Å². The Morgan fingerprint density at radius 3 is 2.62 bits per heavy atom. The van der Waals surface area contributed by atoms with Gasteiger partial charge in [-0.3, -0.25) is 9.59 Å². The van der Waals surface area contributed by atoms with Gasteiger partial charge in [0, 0.05) is 17.7 Å². The molecule has 1 aromatic rings. The molecule has 4 heterocycles. The quantitative estimate of drug-likeness (QED) is 0.440. The van der Waals surface area contributed by atoms with Gasteiger partial charge in [-0.2, -0.15) is 0 Å². The van der Waals surface area contributed by atoms with Gasteiger partial charge in [-0.25, -0.2) is 4.98 Å². The number of aliphatic hydroxyl groups is 2. The first-order valence-corrected chi connectivity index (χ1v) is 14.3. The number of carbonyl (C=O) groups excluding carboxylic acids is 2.